The number of hydrogen-bond donors (Lipinski definition) is 0. The maximum atomic E-state index is 11.9. The van der Waals surface area contributed by atoms with E-state index in [2.05, 4.69) is 0 Å². The molecule has 0 amide bonds. The summed E-state index contributed by atoms with van der Waals surface area (Å²) >= 11 is 0. The SMILES string of the molecule is CCC(C(=O)C1CCC1)C(=O)C1CC1. The molecule has 0 aromatic rings. The van der Waals surface area contributed by atoms with Crippen LogP contribution in [0.15, 0.2) is 0 Å². The summed E-state index contributed by atoms with van der Waals surface area (Å²) in [5.74, 6) is 0.694. The minimum Gasteiger partial charge on any atom is -0.299 e. The van der Waals surface area contributed by atoms with Gasteiger partial charge in [-0.2, -0.15) is 0 Å². The van der Waals surface area contributed by atoms with Gasteiger partial charge >= 0.3 is 0 Å². The molecule has 0 heterocycles. The van der Waals surface area contributed by atoms with Crippen LogP contribution in [0.5, 0.6) is 0 Å². The van der Waals surface area contributed by atoms with E-state index in [1.807, 2.05) is 6.92 Å². The normalized spacial score (nSPS) is 24.1. The van der Waals surface area contributed by atoms with Crippen LogP contribution in [0, 0.1) is 17.8 Å². The molecule has 1 unspecified atom stereocenters. The van der Waals surface area contributed by atoms with Gasteiger partial charge in [0.15, 0.2) is 0 Å². The highest BCUT2D eigenvalue weighted by molar-refractivity contribution is 6.05. The van der Waals surface area contributed by atoms with Crippen LogP contribution >= 0.6 is 0 Å². The zero-order valence-electron chi connectivity index (χ0n) is 8.79. The Morgan fingerprint density at radius 3 is 1.86 bits per heavy atom. The van der Waals surface area contributed by atoms with Gasteiger partial charge in [-0.1, -0.05) is 13.3 Å². The number of hydrogen-bond acceptors (Lipinski definition) is 2. The van der Waals surface area contributed by atoms with E-state index in [1.165, 1.54) is 6.42 Å². The van der Waals surface area contributed by atoms with Gasteiger partial charge < -0.3 is 0 Å². The summed E-state index contributed by atoms with van der Waals surface area (Å²) in [7, 11) is 0. The maximum Gasteiger partial charge on any atom is 0.146 e. The molecule has 0 radical (unpaired) electrons. The molecule has 2 heteroatoms. The fourth-order valence-corrected chi connectivity index (χ4v) is 2.17. The Bertz CT molecular complexity index is 249. The van der Waals surface area contributed by atoms with Gasteiger partial charge in [-0.15, -0.1) is 0 Å². The molecular formula is C12H18O2. The van der Waals surface area contributed by atoms with Crippen LogP contribution in [0.4, 0.5) is 0 Å². The summed E-state index contributed by atoms with van der Waals surface area (Å²) in [6.07, 6.45) is 5.97. The minimum atomic E-state index is -0.257. The lowest BCUT2D eigenvalue weighted by Crippen LogP contribution is -2.33. The lowest BCUT2D eigenvalue weighted by atomic mass is 9.75. The zero-order valence-corrected chi connectivity index (χ0v) is 8.79. The molecule has 2 saturated carbocycles. The van der Waals surface area contributed by atoms with Crippen LogP contribution in [0.1, 0.15) is 45.4 Å². The van der Waals surface area contributed by atoms with E-state index in [0.717, 1.165) is 25.7 Å². The largest absolute Gasteiger partial charge is 0.299 e. The molecule has 2 rings (SSSR count). The molecule has 0 aromatic heterocycles. The van der Waals surface area contributed by atoms with E-state index >= 15 is 0 Å². The van der Waals surface area contributed by atoms with E-state index in [9.17, 15) is 9.59 Å². The highest BCUT2D eigenvalue weighted by Crippen LogP contribution is 2.37. The van der Waals surface area contributed by atoms with Crippen LogP contribution < -0.4 is 0 Å². The Morgan fingerprint density at radius 2 is 1.57 bits per heavy atom. The summed E-state index contributed by atoms with van der Waals surface area (Å²) in [6, 6.07) is 0. The molecule has 0 saturated heterocycles. The molecule has 78 valence electrons. The summed E-state index contributed by atoms with van der Waals surface area (Å²) in [5, 5.41) is 0. The van der Waals surface area contributed by atoms with Gasteiger partial charge in [0.05, 0.1) is 5.92 Å². The molecule has 2 fully saturated rings. The van der Waals surface area contributed by atoms with Crippen molar-refractivity contribution in [1.82, 2.24) is 0 Å². The molecule has 2 aliphatic rings. The second-order valence-electron chi connectivity index (χ2n) is 4.67. The van der Waals surface area contributed by atoms with Gasteiger partial charge in [0.2, 0.25) is 0 Å². The topological polar surface area (TPSA) is 34.1 Å². The minimum absolute atomic E-state index is 0.225. The molecule has 1 atom stereocenters. The highest BCUT2D eigenvalue weighted by atomic mass is 16.2. The number of carbonyl (C=O) groups is 2. The number of rotatable bonds is 5. The lowest BCUT2D eigenvalue weighted by Gasteiger charge is -2.27. The average Bonchev–Trinajstić information content (AvgIpc) is 2.83. The van der Waals surface area contributed by atoms with Crippen molar-refractivity contribution in [3.05, 3.63) is 0 Å². The molecule has 0 aliphatic heterocycles. The molecule has 0 aromatic carbocycles. The van der Waals surface area contributed by atoms with Gasteiger partial charge in [-0.3, -0.25) is 9.59 Å². The first-order valence-electron chi connectivity index (χ1n) is 5.81. The van der Waals surface area contributed by atoms with E-state index in [-0.39, 0.29) is 29.3 Å². The summed E-state index contributed by atoms with van der Waals surface area (Å²) < 4.78 is 0. The summed E-state index contributed by atoms with van der Waals surface area (Å²) in [4.78, 5) is 23.7. The van der Waals surface area contributed by atoms with Crippen molar-refractivity contribution in [3.63, 3.8) is 0 Å². The molecule has 2 nitrogen and oxygen atoms in total. The fraction of sp³-hybridized carbons (Fsp3) is 0.833. The maximum absolute atomic E-state index is 11.9. The third-order valence-corrected chi connectivity index (χ3v) is 3.58. The molecule has 0 N–H and O–H groups in total. The van der Waals surface area contributed by atoms with Crippen LogP contribution in [0.3, 0.4) is 0 Å². The number of ketones is 2. The van der Waals surface area contributed by atoms with Crippen molar-refractivity contribution in [2.24, 2.45) is 17.8 Å². The third-order valence-electron chi connectivity index (χ3n) is 3.58. The van der Waals surface area contributed by atoms with E-state index in [4.69, 9.17) is 0 Å². The van der Waals surface area contributed by atoms with Crippen molar-refractivity contribution in [2.45, 2.75) is 45.4 Å². The Hall–Kier alpha value is -0.660. The summed E-state index contributed by atoms with van der Waals surface area (Å²) in [6.45, 7) is 1.96. The second kappa shape index (κ2) is 3.84. The average molecular weight is 194 g/mol. The van der Waals surface area contributed by atoms with Crippen molar-refractivity contribution in [2.75, 3.05) is 0 Å². The molecular weight excluding hydrogens is 176 g/mol. The van der Waals surface area contributed by atoms with Crippen molar-refractivity contribution in [1.29, 1.82) is 0 Å². The Kier molecular flexibility index (Phi) is 2.71. The van der Waals surface area contributed by atoms with Crippen molar-refractivity contribution in [3.8, 4) is 0 Å². The third kappa shape index (κ3) is 1.75. The van der Waals surface area contributed by atoms with E-state index in [0.29, 0.717) is 6.42 Å². The van der Waals surface area contributed by atoms with Gasteiger partial charge in [-0.25, -0.2) is 0 Å². The molecule has 2 aliphatic carbocycles. The van der Waals surface area contributed by atoms with Gasteiger partial charge in [0.1, 0.15) is 11.6 Å². The van der Waals surface area contributed by atoms with Crippen LogP contribution in [0.25, 0.3) is 0 Å². The second-order valence-corrected chi connectivity index (χ2v) is 4.67. The summed E-state index contributed by atoms with van der Waals surface area (Å²) in [5.41, 5.74) is 0. The highest BCUT2D eigenvalue weighted by Gasteiger charge is 2.40. The molecule has 14 heavy (non-hydrogen) atoms. The van der Waals surface area contributed by atoms with Gasteiger partial charge in [-0.05, 0) is 32.1 Å². The quantitative estimate of drug-likeness (QED) is 0.630. The van der Waals surface area contributed by atoms with Crippen LogP contribution in [0.2, 0.25) is 0 Å². The lowest BCUT2D eigenvalue weighted by molar-refractivity contribution is -0.137. The smallest absolute Gasteiger partial charge is 0.146 e. The monoisotopic (exact) mass is 194 g/mol. The Morgan fingerprint density at radius 1 is 1.07 bits per heavy atom. The molecule has 0 bridgehead atoms. The van der Waals surface area contributed by atoms with Crippen LogP contribution in [-0.4, -0.2) is 11.6 Å². The number of Topliss-reactive ketones (excluding diaryl/α,β-unsaturated/α-hetero) is 2. The fourth-order valence-electron chi connectivity index (χ4n) is 2.17. The standard InChI is InChI=1S/C12H18O2/c1-2-10(12(14)9-6-7-9)11(13)8-4-3-5-8/h8-10H,2-7H2,1H3. The Balaban J connectivity index is 1.96. The van der Waals surface area contributed by atoms with Gasteiger partial charge in [0, 0.05) is 11.8 Å². The van der Waals surface area contributed by atoms with E-state index < -0.39 is 0 Å². The zero-order chi connectivity index (χ0) is 10.1. The molecule has 0 spiro atoms. The van der Waals surface area contributed by atoms with Crippen molar-refractivity contribution >= 4 is 11.6 Å². The number of carbonyl (C=O) groups excluding carboxylic acids is 2. The van der Waals surface area contributed by atoms with Gasteiger partial charge in [0.25, 0.3) is 0 Å². The van der Waals surface area contributed by atoms with Crippen molar-refractivity contribution < 1.29 is 9.59 Å². The Labute approximate surface area is 85.1 Å². The van der Waals surface area contributed by atoms with E-state index in [1.54, 1.807) is 0 Å². The van der Waals surface area contributed by atoms with Crippen LogP contribution in [-0.2, 0) is 9.59 Å². The first kappa shape index (κ1) is 9.88. The first-order valence-corrected chi connectivity index (χ1v) is 5.81. The predicted octanol–water partition coefficient (Wildman–Crippen LogP) is 2.36. The predicted molar refractivity (Wildman–Crippen MR) is 53.9 cm³/mol. The first-order chi connectivity index (χ1) is 6.74.